The molecule has 0 unspecified atom stereocenters. The van der Waals surface area contributed by atoms with Crippen LogP contribution in [-0.4, -0.2) is 49.9 Å². The van der Waals surface area contributed by atoms with Crippen LogP contribution in [0.1, 0.15) is 36.0 Å². The lowest BCUT2D eigenvalue weighted by Crippen LogP contribution is -2.38. The number of nitrogens with zero attached hydrogens (tertiary/aromatic N) is 1. The van der Waals surface area contributed by atoms with Crippen LogP contribution in [0.15, 0.2) is 29.2 Å². The van der Waals surface area contributed by atoms with Gasteiger partial charge in [0.15, 0.2) is 0 Å². The van der Waals surface area contributed by atoms with Gasteiger partial charge in [-0.25, -0.2) is 17.9 Å². The zero-order valence-corrected chi connectivity index (χ0v) is 13.5. The smallest absolute Gasteiger partial charge is 0.335 e. The number of aromatic carboxylic acids is 1. The molecule has 1 saturated heterocycles. The largest absolute Gasteiger partial charge is 0.478 e. The minimum atomic E-state index is -3.80. The average molecular weight is 340 g/mol. The minimum Gasteiger partial charge on any atom is -0.478 e. The van der Waals surface area contributed by atoms with Gasteiger partial charge in [0.2, 0.25) is 15.9 Å². The maximum absolute atomic E-state index is 12.2. The quantitative estimate of drug-likeness (QED) is 0.806. The highest BCUT2D eigenvalue weighted by atomic mass is 32.2. The van der Waals surface area contributed by atoms with Gasteiger partial charge in [-0.15, -0.1) is 0 Å². The second-order valence-corrected chi connectivity index (χ2v) is 7.19. The number of carbonyl (C=O) groups excluding carboxylic acids is 1. The lowest BCUT2D eigenvalue weighted by molar-refractivity contribution is -0.130. The van der Waals surface area contributed by atoms with Crippen molar-refractivity contribution in [3.05, 3.63) is 29.8 Å². The standard InChI is InChI=1S/C15H20N2O5S/c18-14-7-2-1-3-9-17(14)10-8-16-23(21,22)13-6-4-5-12(11-13)15(19)20/h4-6,11,16H,1-3,7-10H2,(H,19,20). The molecule has 2 rings (SSSR count). The number of carboxylic acids is 1. The highest BCUT2D eigenvalue weighted by molar-refractivity contribution is 7.89. The summed E-state index contributed by atoms with van der Waals surface area (Å²) < 4.78 is 26.8. The Labute approximate surface area is 135 Å². The summed E-state index contributed by atoms with van der Waals surface area (Å²) >= 11 is 0. The third-order valence-corrected chi connectivity index (χ3v) is 5.20. The van der Waals surface area contributed by atoms with Crippen LogP contribution in [-0.2, 0) is 14.8 Å². The van der Waals surface area contributed by atoms with Gasteiger partial charge in [0.1, 0.15) is 0 Å². The molecule has 126 valence electrons. The van der Waals surface area contributed by atoms with Crippen molar-refractivity contribution >= 4 is 21.9 Å². The lowest BCUT2D eigenvalue weighted by Gasteiger charge is -2.20. The molecule has 0 spiro atoms. The van der Waals surface area contributed by atoms with Crippen molar-refractivity contribution in [2.45, 2.75) is 30.6 Å². The molecule has 1 aliphatic rings. The molecular weight excluding hydrogens is 320 g/mol. The highest BCUT2D eigenvalue weighted by Gasteiger charge is 2.19. The SMILES string of the molecule is O=C(O)c1cccc(S(=O)(=O)NCCN2CCCCCC2=O)c1. The summed E-state index contributed by atoms with van der Waals surface area (Å²) in [7, 11) is -3.80. The number of benzene rings is 1. The van der Waals surface area contributed by atoms with Crippen LogP contribution in [0.2, 0.25) is 0 Å². The lowest BCUT2D eigenvalue weighted by atomic mass is 10.2. The monoisotopic (exact) mass is 340 g/mol. The van der Waals surface area contributed by atoms with Gasteiger partial charge in [0, 0.05) is 26.1 Å². The maximum Gasteiger partial charge on any atom is 0.335 e. The summed E-state index contributed by atoms with van der Waals surface area (Å²) in [5.41, 5.74) is -0.0874. The van der Waals surface area contributed by atoms with E-state index in [-0.39, 0.29) is 22.9 Å². The predicted molar refractivity (Wildman–Crippen MR) is 83.6 cm³/mol. The van der Waals surface area contributed by atoms with E-state index in [0.29, 0.717) is 19.5 Å². The van der Waals surface area contributed by atoms with Gasteiger partial charge in [-0.1, -0.05) is 12.5 Å². The van der Waals surface area contributed by atoms with Crippen LogP contribution in [0.3, 0.4) is 0 Å². The van der Waals surface area contributed by atoms with Crippen molar-refractivity contribution in [2.24, 2.45) is 0 Å². The van der Waals surface area contributed by atoms with Crippen LogP contribution >= 0.6 is 0 Å². The minimum absolute atomic E-state index is 0.0505. The van der Waals surface area contributed by atoms with Crippen molar-refractivity contribution in [1.82, 2.24) is 9.62 Å². The van der Waals surface area contributed by atoms with E-state index in [1.165, 1.54) is 18.2 Å². The van der Waals surface area contributed by atoms with E-state index in [9.17, 15) is 18.0 Å². The zero-order valence-electron chi connectivity index (χ0n) is 12.7. The van der Waals surface area contributed by atoms with Crippen LogP contribution in [0.5, 0.6) is 0 Å². The van der Waals surface area contributed by atoms with E-state index in [1.807, 2.05) is 0 Å². The topological polar surface area (TPSA) is 104 Å². The summed E-state index contributed by atoms with van der Waals surface area (Å²) in [6.07, 6.45) is 3.32. The number of amides is 1. The molecule has 0 atom stereocenters. The number of hydrogen-bond acceptors (Lipinski definition) is 4. The number of sulfonamides is 1. The van der Waals surface area contributed by atoms with Crippen LogP contribution in [0, 0.1) is 0 Å². The van der Waals surface area contributed by atoms with E-state index in [4.69, 9.17) is 5.11 Å². The molecule has 2 N–H and O–H groups in total. The van der Waals surface area contributed by atoms with E-state index in [1.54, 1.807) is 4.90 Å². The first-order valence-electron chi connectivity index (χ1n) is 7.51. The molecule has 8 heteroatoms. The van der Waals surface area contributed by atoms with E-state index >= 15 is 0 Å². The Bertz CT molecular complexity index is 687. The van der Waals surface area contributed by atoms with Crippen molar-refractivity contribution in [1.29, 1.82) is 0 Å². The van der Waals surface area contributed by atoms with Gasteiger partial charge >= 0.3 is 5.97 Å². The average Bonchev–Trinajstić information content (AvgIpc) is 2.72. The molecular formula is C15H20N2O5S. The van der Waals surface area contributed by atoms with Crippen molar-refractivity contribution in [3.63, 3.8) is 0 Å². The third kappa shape index (κ3) is 4.77. The molecule has 0 aliphatic carbocycles. The number of likely N-dealkylation sites (tertiary alicyclic amines) is 1. The molecule has 7 nitrogen and oxygen atoms in total. The molecule has 1 fully saturated rings. The number of carbonyl (C=O) groups is 2. The fourth-order valence-corrected chi connectivity index (χ4v) is 3.54. The van der Waals surface area contributed by atoms with Crippen molar-refractivity contribution in [3.8, 4) is 0 Å². The van der Waals surface area contributed by atoms with Crippen molar-refractivity contribution < 1.29 is 23.1 Å². The number of hydrogen-bond donors (Lipinski definition) is 2. The predicted octanol–water partition coefficient (Wildman–Crippen LogP) is 1.07. The van der Waals surface area contributed by atoms with Gasteiger partial charge in [-0.05, 0) is 31.0 Å². The van der Waals surface area contributed by atoms with Crippen LogP contribution < -0.4 is 4.72 Å². The summed E-state index contributed by atoms with van der Waals surface area (Å²) in [5.74, 6) is -1.13. The first-order chi connectivity index (χ1) is 10.9. The Morgan fingerprint density at radius 1 is 1.26 bits per heavy atom. The van der Waals surface area contributed by atoms with Crippen molar-refractivity contribution in [2.75, 3.05) is 19.6 Å². The molecule has 1 amide bonds. The first-order valence-corrected chi connectivity index (χ1v) is 8.99. The highest BCUT2D eigenvalue weighted by Crippen LogP contribution is 2.12. The van der Waals surface area contributed by atoms with Gasteiger partial charge in [0.05, 0.1) is 10.5 Å². The molecule has 0 radical (unpaired) electrons. The number of rotatable bonds is 6. The Morgan fingerprint density at radius 2 is 2.04 bits per heavy atom. The molecule has 1 aliphatic heterocycles. The Balaban J connectivity index is 1.97. The van der Waals surface area contributed by atoms with Gasteiger partial charge in [0.25, 0.3) is 0 Å². The Morgan fingerprint density at radius 3 is 2.78 bits per heavy atom. The fourth-order valence-electron chi connectivity index (χ4n) is 2.47. The summed E-state index contributed by atoms with van der Waals surface area (Å²) in [6, 6.07) is 5.17. The Hall–Kier alpha value is -1.93. The first kappa shape index (κ1) is 17.4. The molecule has 0 saturated carbocycles. The molecule has 0 aromatic heterocycles. The van der Waals surface area contributed by atoms with E-state index in [0.717, 1.165) is 25.3 Å². The summed E-state index contributed by atoms with van der Waals surface area (Å²) in [6.45, 7) is 1.07. The molecule has 1 aromatic carbocycles. The van der Waals surface area contributed by atoms with Gasteiger partial charge < -0.3 is 10.0 Å². The van der Waals surface area contributed by atoms with Crippen LogP contribution in [0.4, 0.5) is 0 Å². The second kappa shape index (κ2) is 7.56. The van der Waals surface area contributed by atoms with E-state index in [2.05, 4.69) is 4.72 Å². The van der Waals surface area contributed by atoms with E-state index < -0.39 is 16.0 Å². The summed E-state index contributed by atoms with van der Waals surface area (Å²) in [5, 5.41) is 8.92. The second-order valence-electron chi connectivity index (χ2n) is 5.42. The molecule has 0 bridgehead atoms. The Kier molecular flexibility index (Phi) is 5.73. The zero-order chi connectivity index (χ0) is 16.9. The fraction of sp³-hybridized carbons (Fsp3) is 0.467. The van der Waals surface area contributed by atoms with Crippen LogP contribution in [0.25, 0.3) is 0 Å². The maximum atomic E-state index is 12.2. The molecule has 23 heavy (non-hydrogen) atoms. The molecule has 1 heterocycles. The van der Waals surface area contributed by atoms with Gasteiger partial charge in [-0.2, -0.15) is 0 Å². The molecule has 1 aromatic rings. The number of nitrogens with one attached hydrogen (secondary N) is 1. The third-order valence-electron chi connectivity index (χ3n) is 3.74. The normalized spacial score (nSPS) is 16.2. The van der Waals surface area contributed by atoms with Gasteiger partial charge in [-0.3, -0.25) is 4.79 Å². The number of carboxylic acid groups (broad SMARTS) is 1. The summed E-state index contributed by atoms with van der Waals surface area (Å²) in [4.78, 5) is 24.3.